The van der Waals surface area contributed by atoms with Crippen LogP contribution in [-0.2, 0) is 4.79 Å². The van der Waals surface area contributed by atoms with E-state index in [9.17, 15) is 9.90 Å². The first-order chi connectivity index (χ1) is 9.16. The summed E-state index contributed by atoms with van der Waals surface area (Å²) in [5.41, 5.74) is 0.841. The molecule has 0 amide bonds. The molecule has 100 valence electrons. The van der Waals surface area contributed by atoms with Gasteiger partial charge in [0.15, 0.2) is 0 Å². The SMILES string of the molecule is N#Cc1ccc(NCC2(C(=O)O)CCCCC2)cc1. The van der Waals surface area contributed by atoms with E-state index in [1.165, 1.54) is 0 Å². The van der Waals surface area contributed by atoms with Crippen LogP contribution in [0.4, 0.5) is 5.69 Å². The van der Waals surface area contributed by atoms with E-state index < -0.39 is 11.4 Å². The average Bonchev–Trinajstić information content (AvgIpc) is 2.46. The number of carboxylic acids is 1. The fourth-order valence-electron chi connectivity index (χ4n) is 2.63. The molecule has 0 atom stereocenters. The molecular formula is C15H18N2O2. The molecule has 2 rings (SSSR count). The lowest BCUT2D eigenvalue weighted by atomic mass is 9.74. The molecule has 1 aliphatic rings. The minimum Gasteiger partial charge on any atom is -0.481 e. The third kappa shape index (κ3) is 3.05. The molecule has 1 aromatic rings. The number of aliphatic carboxylic acids is 1. The molecule has 2 N–H and O–H groups in total. The van der Waals surface area contributed by atoms with Crippen LogP contribution in [0.3, 0.4) is 0 Å². The lowest BCUT2D eigenvalue weighted by Crippen LogP contribution is -2.39. The summed E-state index contributed by atoms with van der Waals surface area (Å²) in [5.74, 6) is -0.701. The first-order valence-corrected chi connectivity index (χ1v) is 6.64. The van der Waals surface area contributed by atoms with Gasteiger partial charge in [0.1, 0.15) is 0 Å². The van der Waals surface area contributed by atoms with Crippen LogP contribution in [0.5, 0.6) is 0 Å². The van der Waals surface area contributed by atoms with E-state index in [0.717, 1.165) is 37.8 Å². The van der Waals surface area contributed by atoms with E-state index in [-0.39, 0.29) is 0 Å². The maximum Gasteiger partial charge on any atom is 0.311 e. The Morgan fingerprint density at radius 2 is 1.89 bits per heavy atom. The van der Waals surface area contributed by atoms with Crippen LogP contribution in [-0.4, -0.2) is 17.6 Å². The predicted octanol–water partition coefficient (Wildman–Crippen LogP) is 3.01. The number of carboxylic acid groups (broad SMARTS) is 1. The Bertz CT molecular complexity index is 482. The highest BCUT2D eigenvalue weighted by Gasteiger charge is 2.39. The number of hydrogen-bond acceptors (Lipinski definition) is 3. The fourth-order valence-corrected chi connectivity index (χ4v) is 2.63. The normalized spacial score (nSPS) is 17.4. The van der Waals surface area contributed by atoms with Gasteiger partial charge in [-0.3, -0.25) is 4.79 Å². The lowest BCUT2D eigenvalue weighted by molar-refractivity contribution is -0.150. The second kappa shape index (κ2) is 5.75. The van der Waals surface area contributed by atoms with Crippen molar-refractivity contribution in [3.63, 3.8) is 0 Å². The number of benzene rings is 1. The summed E-state index contributed by atoms with van der Waals surface area (Å²) < 4.78 is 0. The smallest absolute Gasteiger partial charge is 0.311 e. The number of carbonyl (C=O) groups is 1. The van der Waals surface area contributed by atoms with Gasteiger partial charge in [-0.1, -0.05) is 19.3 Å². The van der Waals surface area contributed by atoms with Crippen molar-refractivity contribution in [3.8, 4) is 6.07 Å². The minimum atomic E-state index is -0.701. The number of nitrogens with one attached hydrogen (secondary N) is 1. The van der Waals surface area contributed by atoms with Gasteiger partial charge in [0, 0.05) is 12.2 Å². The third-order valence-corrected chi connectivity index (χ3v) is 3.91. The fraction of sp³-hybridized carbons (Fsp3) is 0.467. The van der Waals surface area contributed by atoms with Gasteiger partial charge in [-0.15, -0.1) is 0 Å². The van der Waals surface area contributed by atoms with Crippen molar-refractivity contribution in [1.29, 1.82) is 5.26 Å². The van der Waals surface area contributed by atoms with Gasteiger partial charge in [0.25, 0.3) is 0 Å². The summed E-state index contributed by atoms with van der Waals surface area (Å²) in [4.78, 5) is 11.5. The molecule has 0 aliphatic heterocycles. The Morgan fingerprint density at radius 1 is 1.26 bits per heavy atom. The zero-order valence-corrected chi connectivity index (χ0v) is 10.9. The highest BCUT2D eigenvalue weighted by Crippen LogP contribution is 2.36. The van der Waals surface area contributed by atoms with Gasteiger partial charge in [-0.25, -0.2) is 0 Å². The van der Waals surface area contributed by atoms with Crippen LogP contribution in [0.15, 0.2) is 24.3 Å². The molecule has 0 unspecified atom stereocenters. The quantitative estimate of drug-likeness (QED) is 0.870. The maximum absolute atomic E-state index is 11.5. The molecule has 0 bridgehead atoms. The molecule has 4 heteroatoms. The van der Waals surface area contributed by atoms with Crippen molar-refractivity contribution in [2.75, 3.05) is 11.9 Å². The zero-order chi connectivity index (χ0) is 13.7. The van der Waals surface area contributed by atoms with Gasteiger partial charge in [0.05, 0.1) is 17.0 Å². The molecular weight excluding hydrogens is 240 g/mol. The van der Waals surface area contributed by atoms with E-state index in [2.05, 4.69) is 11.4 Å². The van der Waals surface area contributed by atoms with Crippen LogP contribution in [0.2, 0.25) is 0 Å². The van der Waals surface area contributed by atoms with E-state index in [4.69, 9.17) is 5.26 Å². The highest BCUT2D eigenvalue weighted by molar-refractivity contribution is 5.75. The Balaban J connectivity index is 2.02. The van der Waals surface area contributed by atoms with Crippen LogP contribution in [0, 0.1) is 16.7 Å². The molecule has 19 heavy (non-hydrogen) atoms. The lowest BCUT2D eigenvalue weighted by Gasteiger charge is -2.33. The van der Waals surface area contributed by atoms with Gasteiger partial charge < -0.3 is 10.4 Å². The number of rotatable bonds is 4. The van der Waals surface area contributed by atoms with Crippen LogP contribution >= 0.6 is 0 Å². The van der Waals surface area contributed by atoms with Gasteiger partial charge in [0.2, 0.25) is 0 Å². The molecule has 0 aromatic heterocycles. The van der Waals surface area contributed by atoms with Crippen molar-refractivity contribution in [1.82, 2.24) is 0 Å². The molecule has 1 fully saturated rings. The molecule has 1 aliphatic carbocycles. The van der Waals surface area contributed by atoms with E-state index >= 15 is 0 Å². The monoisotopic (exact) mass is 258 g/mol. The van der Waals surface area contributed by atoms with Crippen LogP contribution in [0.25, 0.3) is 0 Å². The first-order valence-electron chi connectivity index (χ1n) is 6.64. The molecule has 0 radical (unpaired) electrons. The summed E-state index contributed by atoms with van der Waals surface area (Å²) in [6, 6.07) is 9.16. The summed E-state index contributed by atoms with van der Waals surface area (Å²) >= 11 is 0. The second-order valence-corrected chi connectivity index (χ2v) is 5.19. The molecule has 0 spiro atoms. The summed E-state index contributed by atoms with van der Waals surface area (Å²) in [5, 5.41) is 21.4. The Kier molecular flexibility index (Phi) is 4.06. The van der Waals surface area contributed by atoms with E-state index in [1.54, 1.807) is 12.1 Å². The molecule has 0 heterocycles. The van der Waals surface area contributed by atoms with Crippen molar-refractivity contribution in [3.05, 3.63) is 29.8 Å². The van der Waals surface area contributed by atoms with Crippen LogP contribution < -0.4 is 5.32 Å². The van der Waals surface area contributed by atoms with E-state index in [1.807, 2.05) is 12.1 Å². The Labute approximate surface area is 113 Å². The largest absolute Gasteiger partial charge is 0.481 e. The highest BCUT2D eigenvalue weighted by atomic mass is 16.4. The first kappa shape index (κ1) is 13.4. The van der Waals surface area contributed by atoms with Gasteiger partial charge in [-0.05, 0) is 37.1 Å². The number of anilines is 1. The average molecular weight is 258 g/mol. The summed E-state index contributed by atoms with van der Waals surface area (Å²) in [7, 11) is 0. The van der Waals surface area contributed by atoms with Gasteiger partial charge >= 0.3 is 5.97 Å². The number of hydrogen-bond donors (Lipinski definition) is 2. The second-order valence-electron chi connectivity index (χ2n) is 5.19. The van der Waals surface area contributed by atoms with Crippen molar-refractivity contribution in [2.24, 2.45) is 5.41 Å². The Morgan fingerprint density at radius 3 is 2.42 bits per heavy atom. The Hall–Kier alpha value is -2.02. The summed E-state index contributed by atoms with van der Waals surface area (Å²) in [6.07, 6.45) is 4.59. The maximum atomic E-state index is 11.5. The zero-order valence-electron chi connectivity index (χ0n) is 10.9. The van der Waals surface area contributed by atoms with Gasteiger partial charge in [-0.2, -0.15) is 5.26 Å². The predicted molar refractivity (Wildman–Crippen MR) is 72.8 cm³/mol. The number of nitriles is 1. The summed E-state index contributed by atoms with van der Waals surface area (Å²) in [6.45, 7) is 0.453. The van der Waals surface area contributed by atoms with Crippen LogP contribution in [0.1, 0.15) is 37.7 Å². The molecule has 1 saturated carbocycles. The van der Waals surface area contributed by atoms with Crippen molar-refractivity contribution >= 4 is 11.7 Å². The van der Waals surface area contributed by atoms with E-state index in [0.29, 0.717) is 12.1 Å². The molecule has 0 saturated heterocycles. The van der Waals surface area contributed by atoms with Crippen molar-refractivity contribution in [2.45, 2.75) is 32.1 Å². The topological polar surface area (TPSA) is 73.1 Å². The number of nitrogens with zero attached hydrogens (tertiary/aromatic N) is 1. The molecule has 1 aromatic carbocycles. The minimum absolute atomic E-state index is 0.453. The standard InChI is InChI=1S/C15H18N2O2/c16-10-12-4-6-13(7-5-12)17-11-15(14(18)19)8-2-1-3-9-15/h4-7,17H,1-3,8-9,11H2,(H,18,19). The third-order valence-electron chi connectivity index (χ3n) is 3.91. The molecule has 4 nitrogen and oxygen atoms in total. The van der Waals surface area contributed by atoms with Crippen molar-refractivity contribution < 1.29 is 9.90 Å².